The van der Waals surface area contributed by atoms with Crippen LogP contribution in [0.4, 0.5) is 0 Å². The van der Waals surface area contributed by atoms with E-state index in [1.54, 1.807) is 0 Å². The third-order valence-corrected chi connectivity index (χ3v) is 14.1. The zero-order valence-electron chi connectivity index (χ0n) is 44.4. The molecular weight excluding hydrogens is 897 g/mol. The Labute approximate surface area is 423 Å². The molecule has 0 spiro atoms. The highest BCUT2D eigenvalue weighted by Crippen LogP contribution is 2.26. The van der Waals surface area contributed by atoms with Crippen molar-refractivity contribution in [3.8, 4) is 0 Å². The van der Waals surface area contributed by atoms with Gasteiger partial charge < -0.3 is 34.3 Å². The van der Waals surface area contributed by atoms with E-state index < -0.39 is 59.8 Å². The highest BCUT2D eigenvalue weighted by atomic mass is 32.3. The molecule has 0 radical (unpaired) electrons. The summed E-state index contributed by atoms with van der Waals surface area (Å²) < 4.78 is 59.4. The van der Waals surface area contributed by atoms with Crippen molar-refractivity contribution in [3.63, 3.8) is 0 Å². The van der Waals surface area contributed by atoms with E-state index in [2.05, 4.69) is 30.2 Å². The smallest absolute Gasteiger partial charge is 0.397 e. The van der Waals surface area contributed by atoms with E-state index in [0.29, 0.717) is 13.0 Å². The molecule has 0 amide bonds. The third kappa shape index (κ3) is 40.9. The van der Waals surface area contributed by atoms with Crippen molar-refractivity contribution in [2.24, 2.45) is 0 Å². The second kappa shape index (κ2) is 47.8. The largest absolute Gasteiger partial charge is 0.457 e. The van der Waals surface area contributed by atoms with Crippen LogP contribution in [0.1, 0.15) is 277 Å². The minimum atomic E-state index is -5.06. The van der Waals surface area contributed by atoms with Crippen molar-refractivity contribution >= 4 is 16.4 Å². The molecule has 0 aliphatic carbocycles. The second-order valence-corrected chi connectivity index (χ2v) is 21.3. The fraction of sp³-hybridized carbons (Fsp3) is 0.946. The Balaban J connectivity index is 2.25. The van der Waals surface area contributed by atoms with Crippen LogP contribution in [-0.2, 0) is 38.3 Å². The fourth-order valence-corrected chi connectivity index (χ4v) is 9.77. The number of carbonyl (C=O) groups excluding carboxylic acids is 1. The first-order chi connectivity index (χ1) is 33.6. The molecule has 1 heterocycles. The van der Waals surface area contributed by atoms with Gasteiger partial charge in [0.05, 0.1) is 19.8 Å². The summed E-state index contributed by atoms with van der Waals surface area (Å²) in [6.07, 6.45) is 46.9. The number of allylic oxidation sites excluding steroid dienone is 2. The van der Waals surface area contributed by atoms with Crippen molar-refractivity contribution in [2.45, 2.75) is 314 Å². The molecule has 12 nitrogen and oxygen atoms in total. The van der Waals surface area contributed by atoms with Crippen LogP contribution in [-0.4, -0.2) is 97.5 Å². The minimum Gasteiger partial charge on any atom is -0.457 e. The Morgan fingerprint density at radius 2 is 0.913 bits per heavy atom. The maximum Gasteiger partial charge on any atom is 0.397 e. The first-order valence-electron chi connectivity index (χ1n) is 28.9. The van der Waals surface area contributed by atoms with Crippen LogP contribution in [0.3, 0.4) is 0 Å². The Morgan fingerprint density at radius 3 is 1.30 bits per heavy atom. The molecule has 1 fully saturated rings. The number of hydrogen-bond donors (Lipinski definition) is 4. The van der Waals surface area contributed by atoms with Gasteiger partial charge in [0, 0.05) is 13.0 Å². The SMILES string of the molecule is CCCCCCCCC/C=C\CCCCCCCC(=O)OC(COCCCCCCCCCCCCCCCCCCCCCCCCCCCC)COC1OC(CO)C(O)C(OS(=O)(=O)O)C1O. The first kappa shape index (κ1) is 65.9. The summed E-state index contributed by atoms with van der Waals surface area (Å²) in [4.78, 5) is 12.9. The van der Waals surface area contributed by atoms with Crippen LogP contribution in [0.15, 0.2) is 12.2 Å². The van der Waals surface area contributed by atoms with Crippen molar-refractivity contribution in [3.05, 3.63) is 12.2 Å². The van der Waals surface area contributed by atoms with Gasteiger partial charge in [0.2, 0.25) is 0 Å². The van der Waals surface area contributed by atoms with Crippen LogP contribution in [0.25, 0.3) is 0 Å². The van der Waals surface area contributed by atoms with Crippen LogP contribution < -0.4 is 0 Å². The van der Waals surface area contributed by atoms with Crippen LogP contribution in [0, 0.1) is 0 Å². The number of esters is 1. The third-order valence-electron chi connectivity index (χ3n) is 13.6. The number of carbonyl (C=O) groups is 1. The van der Waals surface area contributed by atoms with E-state index in [9.17, 15) is 33.1 Å². The zero-order chi connectivity index (χ0) is 50.3. The number of ether oxygens (including phenoxy) is 4. The molecule has 4 N–H and O–H groups in total. The van der Waals surface area contributed by atoms with E-state index in [4.69, 9.17) is 18.9 Å². The molecule has 13 heteroatoms. The highest BCUT2D eigenvalue weighted by molar-refractivity contribution is 7.80. The summed E-state index contributed by atoms with van der Waals surface area (Å²) in [5.41, 5.74) is 0. The van der Waals surface area contributed by atoms with Gasteiger partial charge in [-0.2, -0.15) is 8.42 Å². The van der Waals surface area contributed by atoms with Gasteiger partial charge in [-0.05, 0) is 38.5 Å². The van der Waals surface area contributed by atoms with Crippen molar-refractivity contribution in [2.75, 3.05) is 26.4 Å². The van der Waals surface area contributed by atoms with Gasteiger partial charge in [-0.3, -0.25) is 9.35 Å². The van der Waals surface area contributed by atoms with E-state index in [0.717, 1.165) is 57.8 Å². The summed E-state index contributed by atoms with van der Waals surface area (Å²) in [6, 6.07) is 0. The molecule has 69 heavy (non-hydrogen) atoms. The van der Waals surface area contributed by atoms with E-state index >= 15 is 0 Å². The summed E-state index contributed by atoms with van der Waals surface area (Å²) in [6.45, 7) is 4.04. The number of hydrogen-bond acceptors (Lipinski definition) is 11. The number of aliphatic hydroxyl groups is 3. The molecular formula is C56H108O12S. The molecule has 1 rings (SSSR count). The second-order valence-electron chi connectivity index (χ2n) is 20.2. The van der Waals surface area contributed by atoms with Gasteiger partial charge in [-0.15, -0.1) is 0 Å². The molecule has 0 saturated carbocycles. The molecule has 6 atom stereocenters. The van der Waals surface area contributed by atoms with Gasteiger partial charge in [0.1, 0.15) is 30.5 Å². The summed E-state index contributed by atoms with van der Waals surface area (Å²) >= 11 is 0. The van der Waals surface area contributed by atoms with Gasteiger partial charge in [0.25, 0.3) is 0 Å². The minimum absolute atomic E-state index is 0.0392. The lowest BCUT2D eigenvalue weighted by Crippen LogP contribution is -2.60. The predicted molar refractivity (Wildman–Crippen MR) is 281 cm³/mol. The van der Waals surface area contributed by atoms with E-state index in [-0.39, 0.29) is 19.6 Å². The zero-order valence-corrected chi connectivity index (χ0v) is 45.2. The monoisotopic (exact) mass is 1000 g/mol. The van der Waals surface area contributed by atoms with Crippen LogP contribution in [0.2, 0.25) is 0 Å². The van der Waals surface area contributed by atoms with E-state index in [1.807, 2.05) is 0 Å². The lowest BCUT2D eigenvalue weighted by atomic mass is 9.99. The molecule has 1 aliphatic rings. The normalized spacial score (nSPS) is 19.2. The highest BCUT2D eigenvalue weighted by Gasteiger charge is 2.48. The van der Waals surface area contributed by atoms with Crippen molar-refractivity contribution in [1.82, 2.24) is 0 Å². The molecule has 410 valence electrons. The molecule has 1 saturated heterocycles. The van der Waals surface area contributed by atoms with Gasteiger partial charge in [-0.1, -0.05) is 244 Å². The topological polar surface area (TPSA) is 178 Å². The van der Waals surface area contributed by atoms with Gasteiger partial charge in [0.15, 0.2) is 6.29 Å². The average molecular weight is 1010 g/mol. The molecule has 0 aromatic rings. The molecule has 0 bridgehead atoms. The maximum atomic E-state index is 12.9. The summed E-state index contributed by atoms with van der Waals surface area (Å²) in [7, 11) is -5.06. The number of rotatable bonds is 52. The maximum absolute atomic E-state index is 12.9. The lowest BCUT2D eigenvalue weighted by Gasteiger charge is -2.41. The van der Waals surface area contributed by atoms with Crippen molar-refractivity contribution < 1.29 is 56.2 Å². The predicted octanol–water partition coefficient (Wildman–Crippen LogP) is 14.1. The summed E-state index contributed by atoms with van der Waals surface area (Å²) in [5, 5.41) is 30.8. The summed E-state index contributed by atoms with van der Waals surface area (Å²) in [5.74, 6) is -0.401. The van der Waals surface area contributed by atoms with Crippen LogP contribution >= 0.6 is 0 Å². The first-order valence-corrected chi connectivity index (χ1v) is 30.3. The Kier molecular flexibility index (Phi) is 45.6. The molecule has 6 unspecified atom stereocenters. The molecule has 1 aliphatic heterocycles. The Hall–Kier alpha value is -1.16. The number of aliphatic hydroxyl groups excluding tert-OH is 3. The van der Waals surface area contributed by atoms with Crippen LogP contribution in [0.5, 0.6) is 0 Å². The fourth-order valence-electron chi connectivity index (χ4n) is 9.26. The van der Waals surface area contributed by atoms with Crippen molar-refractivity contribution in [1.29, 1.82) is 0 Å². The van der Waals surface area contributed by atoms with Gasteiger partial charge >= 0.3 is 16.4 Å². The molecule has 0 aromatic heterocycles. The quantitative estimate of drug-likeness (QED) is 0.0196. The standard InChI is InChI=1S/C56H108O12S/c1-3-5-7-9-11-13-15-17-19-21-22-23-24-25-26-27-28-29-30-32-34-36-38-40-42-44-46-64-48-50(49-65-56-54(60)55(68-69(61,62)63)53(59)51(47-57)67-56)66-52(58)45-43-41-39-37-35-33-31-20-18-16-14-12-10-8-6-4-2/h20,31,50-51,53-57,59-60H,3-19,21-30,32-49H2,1-2H3,(H,61,62,63)/b31-20-. The average Bonchev–Trinajstić information content (AvgIpc) is 3.32. The molecule has 0 aromatic carbocycles. The lowest BCUT2D eigenvalue weighted by molar-refractivity contribution is -0.301. The number of unbranched alkanes of at least 4 members (excludes halogenated alkanes) is 37. The van der Waals surface area contributed by atoms with E-state index in [1.165, 1.54) is 193 Å². The van der Waals surface area contributed by atoms with Gasteiger partial charge in [-0.25, -0.2) is 4.18 Å². The Morgan fingerprint density at radius 1 is 0.536 bits per heavy atom. The Bertz CT molecular complexity index is 1250.